The Bertz CT molecular complexity index is 784. The maximum Gasteiger partial charge on any atom is 0.234 e. The first kappa shape index (κ1) is 15.7. The number of carbonyl (C=O) groups is 1. The van der Waals surface area contributed by atoms with Gasteiger partial charge in [0.25, 0.3) is 0 Å². The van der Waals surface area contributed by atoms with Crippen LogP contribution in [0.25, 0.3) is 10.6 Å². The lowest BCUT2D eigenvalue weighted by atomic mass is 9.83. The van der Waals surface area contributed by atoms with Crippen molar-refractivity contribution in [1.29, 1.82) is 5.41 Å². The van der Waals surface area contributed by atoms with Crippen LogP contribution in [-0.2, 0) is 10.3 Å². The molecule has 2 atom stereocenters. The van der Waals surface area contributed by atoms with Gasteiger partial charge in [-0.1, -0.05) is 30.7 Å². The van der Waals surface area contributed by atoms with Crippen molar-refractivity contribution in [2.24, 2.45) is 5.92 Å². The lowest BCUT2D eigenvalue weighted by molar-refractivity contribution is -0.134. The fourth-order valence-electron chi connectivity index (χ4n) is 2.79. The van der Waals surface area contributed by atoms with Crippen molar-refractivity contribution in [3.63, 3.8) is 0 Å². The van der Waals surface area contributed by atoms with E-state index in [-0.39, 0.29) is 17.8 Å². The molecule has 0 radical (unpaired) electrons. The molecule has 1 saturated heterocycles. The molecule has 1 aliphatic heterocycles. The number of carbonyl (C=O) groups excluding carboxylic acids is 1. The van der Waals surface area contributed by atoms with Gasteiger partial charge < -0.3 is 5.32 Å². The molecule has 2 N–H and O–H groups in total. The number of nitrogens with zero attached hydrogens (tertiary/aromatic N) is 2. The van der Waals surface area contributed by atoms with Crippen LogP contribution in [0, 0.1) is 18.3 Å². The molecule has 6 heteroatoms. The summed E-state index contributed by atoms with van der Waals surface area (Å²) in [5, 5.41) is 12.1. The lowest BCUT2D eigenvalue weighted by Crippen LogP contribution is -2.62. The standard InChI is InChI=1S/C17H20N4OS/c1-10-6-5-7-12(8-10)14-19-9-13(23-14)17(3)11(2)15(22)21(4)16(18)20-17/h5-9,11H,1-4H3,(H2,18,20)/t11-,17-/m0/s1. The van der Waals surface area contributed by atoms with E-state index in [9.17, 15) is 4.79 Å². The number of hydrogen-bond acceptors (Lipinski definition) is 4. The fourth-order valence-corrected chi connectivity index (χ4v) is 3.89. The summed E-state index contributed by atoms with van der Waals surface area (Å²) in [7, 11) is 1.62. The molecule has 1 fully saturated rings. The second-order valence-corrected chi connectivity index (χ2v) is 7.22. The molecule has 2 heterocycles. The number of aryl methyl sites for hydroxylation is 1. The third kappa shape index (κ3) is 2.53. The van der Waals surface area contributed by atoms with Gasteiger partial charge in [0.1, 0.15) is 5.01 Å². The predicted octanol–water partition coefficient (Wildman–Crippen LogP) is 2.97. The highest BCUT2D eigenvalue weighted by molar-refractivity contribution is 7.15. The van der Waals surface area contributed by atoms with Gasteiger partial charge in [-0.05, 0) is 19.9 Å². The lowest BCUT2D eigenvalue weighted by Gasteiger charge is -2.43. The van der Waals surface area contributed by atoms with E-state index in [0.29, 0.717) is 0 Å². The minimum absolute atomic E-state index is 0.0539. The van der Waals surface area contributed by atoms with Gasteiger partial charge in [0.15, 0.2) is 5.96 Å². The quantitative estimate of drug-likeness (QED) is 0.890. The van der Waals surface area contributed by atoms with Gasteiger partial charge >= 0.3 is 0 Å². The largest absolute Gasteiger partial charge is 0.345 e. The Morgan fingerprint density at radius 3 is 2.87 bits per heavy atom. The number of aromatic nitrogens is 1. The SMILES string of the molecule is Cc1cccc(-c2ncc([C@@]3(C)NC(=N)N(C)C(=O)[C@@H]3C)s2)c1. The molecule has 2 aromatic rings. The van der Waals surface area contributed by atoms with E-state index < -0.39 is 5.54 Å². The number of nitrogens with one attached hydrogen (secondary N) is 2. The van der Waals surface area contributed by atoms with Gasteiger partial charge in [0.05, 0.1) is 16.3 Å². The van der Waals surface area contributed by atoms with Gasteiger partial charge in [0.2, 0.25) is 5.91 Å². The van der Waals surface area contributed by atoms with E-state index in [1.807, 2.05) is 32.2 Å². The minimum Gasteiger partial charge on any atom is -0.345 e. The van der Waals surface area contributed by atoms with Crippen molar-refractivity contribution in [1.82, 2.24) is 15.2 Å². The van der Waals surface area contributed by atoms with Gasteiger partial charge in [-0.15, -0.1) is 11.3 Å². The summed E-state index contributed by atoms with van der Waals surface area (Å²) < 4.78 is 0. The van der Waals surface area contributed by atoms with Crippen LogP contribution in [0.5, 0.6) is 0 Å². The van der Waals surface area contributed by atoms with Crippen molar-refractivity contribution < 1.29 is 4.79 Å². The maximum absolute atomic E-state index is 12.4. The zero-order valence-corrected chi connectivity index (χ0v) is 14.5. The third-order valence-electron chi connectivity index (χ3n) is 4.56. The molecule has 5 nitrogen and oxygen atoms in total. The topological polar surface area (TPSA) is 69.1 Å². The number of hydrogen-bond donors (Lipinski definition) is 2. The van der Waals surface area contributed by atoms with Crippen molar-refractivity contribution in [3.8, 4) is 10.6 Å². The van der Waals surface area contributed by atoms with E-state index >= 15 is 0 Å². The normalized spacial score (nSPS) is 24.7. The molecule has 0 bridgehead atoms. The Kier molecular flexibility index (Phi) is 3.72. The average Bonchev–Trinajstić information content (AvgIpc) is 3.02. The number of benzene rings is 1. The van der Waals surface area contributed by atoms with Gasteiger partial charge in [-0.25, -0.2) is 4.98 Å². The average molecular weight is 328 g/mol. The molecular weight excluding hydrogens is 308 g/mol. The van der Waals surface area contributed by atoms with E-state index in [0.717, 1.165) is 15.4 Å². The summed E-state index contributed by atoms with van der Waals surface area (Å²) in [6.07, 6.45) is 1.82. The molecule has 1 aromatic carbocycles. The Labute approximate surface area is 139 Å². The van der Waals surface area contributed by atoms with E-state index in [2.05, 4.69) is 29.4 Å². The number of amides is 1. The molecule has 1 aliphatic rings. The molecular formula is C17H20N4OS. The molecule has 0 spiro atoms. The highest BCUT2D eigenvalue weighted by Gasteiger charge is 2.45. The van der Waals surface area contributed by atoms with Crippen LogP contribution in [0.2, 0.25) is 0 Å². The van der Waals surface area contributed by atoms with Crippen molar-refractivity contribution in [3.05, 3.63) is 40.9 Å². The number of rotatable bonds is 2. The second-order valence-electron chi connectivity index (χ2n) is 6.19. The summed E-state index contributed by atoms with van der Waals surface area (Å²) in [6, 6.07) is 8.21. The van der Waals surface area contributed by atoms with Crippen molar-refractivity contribution in [2.45, 2.75) is 26.3 Å². The molecule has 1 aromatic heterocycles. The fraction of sp³-hybridized carbons (Fsp3) is 0.353. The van der Waals surface area contributed by atoms with E-state index in [4.69, 9.17) is 5.41 Å². The number of guanidine groups is 1. The van der Waals surface area contributed by atoms with Gasteiger partial charge in [-0.3, -0.25) is 15.1 Å². The highest BCUT2D eigenvalue weighted by Crippen LogP contribution is 2.38. The van der Waals surface area contributed by atoms with Crippen LogP contribution in [-0.4, -0.2) is 28.8 Å². The molecule has 0 saturated carbocycles. The van der Waals surface area contributed by atoms with Crippen LogP contribution >= 0.6 is 11.3 Å². The van der Waals surface area contributed by atoms with E-state index in [1.54, 1.807) is 18.4 Å². The Morgan fingerprint density at radius 1 is 1.43 bits per heavy atom. The number of thiazole rings is 1. The molecule has 0 aliphatic carbocycles. The summed E-state index contributed by atoms with van der Waals surface area (Å²) in [5.41, 5.74) is 1.65. The van der Waals surface area contributed by atoms with Crippen LogP contribution in [0.4, 0.5) is 0 Å². The second kappa shape index (κ2) is 5.45. The molecule has 1 amide bonds. The Morgan fingerprint density at radius 2 is 2.17 bits per heavy atom. The summed E-state index contributed by atoms with van der Waals surface area (Å²) in [6.45, 7) is 5.91. The molecule has 120 valence electrons. The van der Waals surface area contributed by atoms with Crippen LogP contribution in [0.1, 0.15) is 24.3 Å². The molecule has 0 unspecified atom stereocenters. The molecule has 3 rings (SSSR count). The van der Waals surface area contributed by atoms with E-state index in [1.165, 1.54) is 10.5 Å². The predicted molar refractivity (Wildman–Crippen MR) is 92.4 cm³/mol. The monoisotopic (exact) mass is 328 g/mol. The first-order chi connectivity index (χ1) is 10.8. The highest BCUT2D eigenvalue weighted by atomic mass is 32.1. The summed E-state index contributed by atoms with van der Waals surface area (Å²) >= 11 is 1.57. The minimum atomic E-state index is -0.611. The smallest absolute Gasteiger partial charge is 0.234 e. The Balaban J connectivity index is 1.99. The van der Waals surface area contributed by atoms with Gasteiger partial charge in [0, 0.05) is 18.8 Å². The van der Waals surface area contributed by atoms with Gasteiger partial charge in [-0.2, -0.15) is 0 Å². The zero-order valence-electron chi connectivity index (χ0n) is 13.7. The maximum atomic E-state index is 12.4. The molecule has 23 heavy (non-hydrogen) atoms. The first-order valence-electron chi connectivity index (χ1n) is 7.50. The Hall–Kier alpha value is -2.21. The van der Waals surface area contributed by atoms with Crippen LogP contribution < -0.4 is 5.32 Å². The van der Waals surface area contributed by atoms with Crippen molar-refractivity contribution in [2.75, 3.05) is 7.05 Å². The van der Waals surface area contributed by atoms with Crippen molar-refractivity contribution >= 4 is 23.2 Å². The summed E-state index contributed by atoms with van der Waals surface area (Å²) in [4.78, 5) is 19.2. The third-order valence-corrected chi connectivity index (χ3v) is 5.85. The summed E-state index contributed by atoms with van der Waals surface area (Å²) in [5.74, 6) is -0.199. The zero-order chi connectivity index (χ0) is 16.8. The first-order valence-corrected chi connectivity index (χ1v) is 8.32. The van der Waals surface area contributed by atoms with Crippen LogP contribution in [0.15, 0.2) is 30.5 Å². The van der Waals surface area contributed by atoms with Crippen LogP contribution in [0.3, 0.4) is 0 Å².